The van der Waals surface area contributed by atoms with Crippen molar-refractivity contribution in [3.8, 4) is 0 Å². The normalized spacial score (nSPS) is 11.2. The highest BCUT2D eigenvalue weighted by molar-refractivity contribution is 6.31. The highest BCUT2D eigenvalue weighted by Gasteiger charge is 2.09. The Morgan fingerprint density at radius 2 is 2.09 bits per heavy atom. The van der Waals surface area contributed by atoms with Gasteiger partial charge in [-0.3, -0.25) is 9.59 Å². The Kier molecular flexibility index (Phi) is 5.54. The zero-order valence-electron chi connectivity index (χ0n) is 12.7. The Morgan fingerprint density at radius 3 is 2.74 bits per heavy atom. The minimum atomic E-state index is -0.472. The van der Waals surface area contributed by atoms with E-state index in [0.717, 1.165) is 5.56 Å². The molecule has 0 aliphatic rings. The summed E-state index contributed by atoms with van der Waals surface area (Å²) in [6, 6.07) is 8.40. The van der Waals surface area contributed by atoms with E-state index in [1.165, 1.54) is 12.3 Å². The second-order valence-electron chi connectivity index (χ2n) is 4.95. The number of furan rings is 1. The molecule has 1 aromatic heterocycles. The van der Waals surface area contributed by atoms with Crippen LogP contribution in [0.1, 0.15) is 29.5 Å². The average Bonchev–Trinajstić information content (AvgIpc) is 3.03. The number of amides is 2. The molecule has 2 amide bonds. The molecule has 0 unspecified atom stereocenters. The number of benzene rings is 1. The van der Waals surface area contributed by atoms with Crippen LogP contribution in [-0.2, 0) is 4.79 Å². The van der Waals surface area contributed by atoms with E-state index in [9.17, 15) is 9.59 Å². The first-order chi connectivity index (χ1) is 11.0. The van der Waals surface area contributed by atoms with E-state index in [-0.39, 0.29) is 18.1 Å². The van der Waals surface area contributed by atoms with Gasteiger partial charge >= 0.3 is 5.91 Å². The van der Waals surface area contributed by atoms with Gasteiger partial charge in [0.1, 0.15) is 0 Å². The number of nitrogens with one attached hydrogen (secondary N) is 2. The highest BCUT2D eigenvalue weighted by Crippen LogP contribution is 2.20. The van der Waals surface area contributed by atoms with Crippen LogP contribution in [0.5, 0.6) is 0 Å². The first-order valence-corrected chi connectivity index (χ1v) is 7.26. The molecule has 6 nitrogen and oxygen atoms in total. The molecule has 0 spiro atoms. The number of hydrogen-bond acceptors (Lipinski definition) is 4. The lowest BCUT2D eigenvalue weighted by molar-refractivity contribution is -0.115. The van der Waals surface area contributed by atoms with Gasteiger partial charge in [-0.15, -0.1) is 0 Å². The van der Waals surface area contributed by atoms with Gasteiger partial charge in [0.15, 0.2) is 5.76 Å². The van der Waals surface area contributed by atoms with Crippen LogP contribution in [0.15, 0.2) is 46.1 Å². The number of rotatable bonds is 5. The molecule has 0 saturated carbocycles. The SMILES string of the molecule is C/C(CC(=O)Nc1ccc(C)c(Cl)c1)=N/NC(=O)c1ccco1. The van der Waals surface area contributed by atoms with Crippen LogP contribution in [0, 0.1) is 6.92 Å². The number of halogens is 1. The van der Waals surface area contributed by atoms with Crippen molar-refractivity contribution < 1.29 is 14.0 Å². The van der Waals surface area contributed by atoms with E-state index in [2.05, 4.69) is 15.8 Å². The number of hydrazone groups is 1. The van der Waals surface area contributed by atoms with Crippen molar-refractivity contribution in [3.05, 3.63) is 52.9 Å². The van der Waals surface area contributed by atoms with Crippen LogP contribution in [0.2, 0.25) is 5.02 Å². The van der Waals surface area contributed by atoms with Crippen LogP contribution in [-0.4, -0.2) is 17.5 Å². The predicted octanol–water partition coefficient (Wildman–Crippen LogP) is 3.38. The van der Waals surface area contributed by atoms with Crippen LogP contribution < -0.4 is 10.7 Å². The zero-order chi connectivity index (χ0) is 16.8. The minimum absolute atomic E-state index is 0.0456. The summed E-state index contributed by atoms with van der Waals surface area (Å²) in [6.07, 6.45) is 1.44. The van der Waals surface area contributed by atoms with E-state index in [1.54, 1.807) is 25.1 Å². The lowest BCUT2D eigenvalue weighted by atomic mass is 10.2. The Labute approximate surface area is 138 Å². The number of hydrogen-bond donors (Lipinski definition) is 2. The van der Waals surface area contributed by atoms with Crippen molar-refractivity contribution in [1.29, 1.82) is 0 Å². The second-order valence-corrected chi connectivity index (χ2v) is 5.36. The smallest absolute Gasteiger partial charge is 0.307 e. The molecular formula is C16H16ClN3O3. The third-order valence-corrected chi connectivity index (χ3v) is 3.37. The fourth-order valence-corrected chi connectivity index (χ4v) is 1.94. The van der Waals surface area contributed by atoms with E-state index < -0.39 is 5.91 Å². The van der Waals surface area contributed by atoms with Gasteiger partial charge in [-0.1, -0.05) is 17.7 Å². The van der Waals surface area contributed by atoms with Gasteiger partial charge in [-0.05, 0) is 43.7 Å². The minimum Gasteiger partial charge on any atom is -0.459 e. The molecule has 120 valence electrons. The molecule has 1 heterocycles. The standard InChI is InChI=1S/C16H16ClN3O3/c1-10-5-6-12(9-13(10)17)18-15(21)8-11(2)19-20-16(22)14-4-3-7-23-14/h3-7,9H,8H2,1-2H3,(H,18,21)(H,20,22)/b19-11-. The van der Waals surface area contributed by atoms with Gasteiger partial charge in [0.2, 0.25) is 5.91 Å². The Hall–Kier alpha value is -2.60. The van der Waals surface area contributed by atoms with E-state index in [1.807, 2.05) is 13.0 Å². The largest absolute Gasteiger partial charge is 0.459 e. The molecule has 23 heavy (non-hydrogen) atoms. The number of anilines is 1. The van der Waals surface area contributed by atoms with Crippen molar-refractivity contribution in [2.24, 2.45) is 5.10 Å². The molecule has 0 fully saturated rings. The number of nitrogens with zero attached hydrogens (tertiary/aromatic N) is 1. The van der Waals surface area contributed by atoms with Crippen molar-refractivity contribution in [2.45, 2.75) is 20.3 Å². The fourth-order valence-electron chi connectivity index (χ4n) is 1.76. The van der Waals surface area contributed by atoms with E-state index >= 15 is 0 Å². The van der Waals surface area contributed by atoms with Crippen molar-refractivity contribution in [2.75, 3.05) is 5.32 Å². The molecule has 2 aromatic rings. The molecule has 7 heteroatoms. The maximum absolute atomic E-state index is 11.9. The molecule has 2 rings (SSSR count). The van der Waals surface area contributed by atoms with Gasteiger partial charge in [0, 0.05) is 16.4 Å². The monoisotopic (exact) mass is 333 g/mol. The zero-order valence-corrected chi connectivity index (χ0v) is 13.5. The first-order valence-electron chi connectivity index (χ1n) is 6.88. The summed E-state index contributed by atoms with van der Waals surface area (Å²) in [5.74, 6) is -0.571. The summed E-state index contributed by atoms with van der Waals surface area (Å²) >= 11 is 6.01. The highest BCUT2D eigenvalue weighted by atomic mass is 35.5. The van der Waals surface area contributed by atoms with Gasteiger partial charge in [0.25, 0.3) is 0 Å². The maximum Gasteiger partial charge on any atom is 0.307 e. The lowest BCUT2D eigenvalue weighted by Crippen LogP contribution is -2.21. The molecule has 0 aliphatic heterocycles. The number of aryl methyl sites for hydroxylation is 1. The van der Waals surface area contributed by atoms with Crippen LogP contribution in [0.4, 0.5) is 5.69 Å². The third kappa shape index (κ3) is 4.96. The summed E-state index contributed by atoms with van der Waals surface area (Å²) in [5.41, 5.74) is 4.33. The second kappa shape index (κ2) is 7.60. The Bertz CT molecular complexity index is 739. The van der Waals surface area contributed by atoms with Crippen LogP contribution in [0.25, 0.3) is 0 Å². The number of carbonyl (C=O) groups excluding carboxylic acids is 2. The summed E-state index contributed by atoms with van der Waals surface area (Å²) in [5, 5.41) is 7.17. The quantitative estimate of drug-likeness (QED) is 0.650. The topological polar surface area (TPSA) is 83.7 Å². The van der Waals surface area contributed by atoms with Gasteiger partial charge in [-0.25, -0.2) is 5.43 Å². The predicted molar refractivity (Wildman–Crippen MR) is 88.7 cm³/mol. The van der Waals surface area contributed by atoms with Crippen LogP contribution in [0.3, 0.4) is 0 Å². The number of carbonyl (C=O) groups is 2. The first kappa shape index (κ1) is 16.8. The molecule has 0 aliphatic carbocycles. The Morgan fingerprint density at radius 1 is 1.30 bits per heavy atom. The molecule has 1 aromatic carbocycles. The van der Waals surface area contributed by atoms with Crippen LogP contribution >= 0.6 is 11.6 Å². The summed E-state index contributed by atoms with van der Waals surface area (Å²) in [6.45, 7) is 3.52. The van der Waals surface area contributed by atoms with E-state index in [0.29, 0.717) is 16.4 Å². The molecule has 0 saturated heterocycles. The van der Waals surface area contributed by atoms with Crippen molar-refractivity contribution >= 4 is 34.8 Å². The molecule has 0 atom stereocenters. The molecular weight excluding hydrogens is 318 g/mol. The third-order valence-electron chi connectivity index (χ3n) is 2.97. The maximum atomic E-state index is 11.9. The summed E-state index contributed by atoms with van der Waals surface area (Å²) in [7, 11) is 0. The molecule has 0 radical (unpaired) electrons. The summed E-state index contributed by atoms with van der Waals surface area (Å²) < 4.78 is 4.94. The fraction of sp³-hybridized carbons (Fsp3) is 0.188. The molecule has 0 bridgehead atoms. The van der Waals surface area contributed by atoms with Crippen molar-refractivity contribution in [1.82, 2.24) is 5.43 Å². The van der Waals surface area contributed by atoms with Gasteiger partial charge < -0.3 is 9.73 Å². The molecule has 2 N–H and O–H groups in total. The lowest BCUT2D eigenvalue weighted by Gasteiger charge is -2.07. The van der Waals surface area contributed by atoms with Gasteiger partial charge in [0.05, 0.1) is 12.7 Å². The van der Waals surface area contributed by atoms with Crippen molar-refractivity contribution in [3.63, 3.8) is 0 Å². The van der Waals surface area contributed by atoms with E-state index in [4.69, 9.17) is 16.0 Å². The van der Waals surface area contributed by atoms with Gasteiger partial charge in [-0.2, -0.15) is 5.10 Å². The average molecular weight is 334 g/mol. The Balaban J connectivity index is 1.87. The summed E-state index contributed by atoms with van der Waals surface area (Å²) in [4.78, 5) is 23.6.